The molecule has 29 heavy (non-hydrogen) atoms. The number of hydrogen-bond acceptors (Lipinski definition) is 1. The van der Waals surface area contributed by atoms with Gasteiger partial charge < -0.3 is 0 Å². The van der Waals surface area contributed by atoms with Crippen molar-refractivity contribution >= 4 is 0 Å². The van der Waals surface area contributed by atoms with Crippen LogP contribution in [0.1, 0.15) is 156 Å². The fourth-order valence-corrected chi connectivity index (χ4v) is 5.58. The molecule has 1 nitrogen and oxygen atoms in total. The number of unbranched alkanes of at least 4 members (excludes halogenated alkanes) is 12. The smallest absolute Gasteiger partial charge is 0.0124 e. The molecule has 0 N–H and O–H groups in total. The Morgan fingerprint density at radius 2 is 1.07 bits per heavy atom. The van der Waals surface area contributed by atoms with Crippen molar-refractivity contribution in [2.75, 3.05) is 6.54 Å². The molecule has 1 aliphatic heterocycles. The second-order valence-corrected chi connectivity index (χ2v) is 10.2. The van der Waals surface area contributed by atoms with E-state index >= 15 is 0 Å². The SMILES string of the molecule is CCCCCCCC(C)C1CCCN1C(CCCCCCC)CCCCCCC. The fraction of sp³-hybridized carbons (Fsp3) is 1.00. The highest BCUT2D eigenvalue weighted by molar-refractivity contribution is 4.88. The van der Waals surface area contributed by atoms with Gasteiger partial charge in [0.25, 0.3) is 0 Å². The van der Waals surface area contributed by atoms with Crippen molar-refractivity contribution in [1.29, 1.82) is 0 Å². The molecule has 2 atom stereocenters. The lowest BCUT2D eigenvalue weighted by Gasteiger charge is -2.37. The summed E-state index contributed by atoms with van der Waals surface area (Å²) >= 11 is 0. The van der Waals surface area contributed by atoms with Gasteiger partial charge in [0.2, 0.25) is 0 Å². The first-order valence-electron chi connectivity index (χ1n) is 14.0. The third-order valence-corrected chi connectivity index (χ3v) is 7.51. The van der Waals surface area contributed by atoms with Gasteiger partial charge in [-0.3, -0.25) is 4.90 Å². The Bertz CT molecular complexity index is 325. The Balaban J connectivity index is 2.48. The van der Waals surface area contributed by atoms with Crippen LogP contribution in [-0.2, 0) is 0 Å². The first-order chi connectivity index (χ1) is 14.2. The molecule has 0 bridgehead atoms. The summed E-state index contributed by atoms with van der Waals surface area (Å²) in [6.07, 6.45) is 28.9. The quantitative estimate of drug-likeness (QED) is 0.182. The van der Waals surface area contributed by atoms with Crippen LogP contribution in [0.5, 0.6) is 0 Å². The third kappa shape index (κ3) is 12.4. The van der Waals surface area contributed by atoms with Crippen molar-refractivity contribution in [2.24, 2.45) is 5.92 Å². The maximum Gasteiger partial charge on any atom is 0.0124 e. The molecule has 1 aliphatic rings. The predicted molar refractivity (Wildman–Crippen MR) is 133 cm³/mol. The lowest BCUT2D eigenvalue weighted by molar-refractivity contribution is 0.117. The maximum absolute atomic E-state index is 3.01. The first-order valence-corrected chi connectivity index (χ1v) is 14.0. The minimum atomic E-state index is 0.883. The maximum atomic E-state index is 3.01. The zero-order valence-corrected chi connectivity index (χ0v) is 21.0. The molecular weight excluding hydrogens is 350 g/mol. The monoisotopic (exact) mass is 407 g/mol. The van der Waals surface area contributed by atoms with Gasteiger partial charge in [-0.15, -0.1) is 0 Å². The summed E-state index contributed by atoms with van der Waals surface area (Å²) in [5.41, 5.74) is 0. The van der Waals surface area contributed by atoms with E-state index in [0.717, 1.165) is 18.0 Å². The summed E-state index contributed by atoms with van der Waals surface area (Å²) in [5.74, 6) is 0.904. The van der Waals surface area contributed by atoms with Gasteiger partial charge in [0, 0.05) is 12.1 Å². The van der Waals surface area contributed by atoms with Crippen molar-refractivity contribution in [3.05, 3.63) is 0 Å². The summed E-state index contributed by atoms with van der Waals surface area (Å²) in [4.78, 5) is 3.01. The Morgan fingerprint density at radius 3 is 1.55 bits per heavy atom. The molecule has 0 radical (unpaired) electrons. The van der Waals surface area contributed by atoms with E-state index in [9.17, 15) is 0 Å². The van der Waals surface area contributed by atoms with E-state index in [-0.39, 0.29) is 0 Å². The Kier molecular flexibility index (Phi) is 17.4. The molecule has 0 aromatic carbocycles. The number of nitrogens with zero attached hydrogens (tertiary/aromatic N) is 1. The van der Waals surface area contributed by atoms with E-state index in [2.05, 4.69) is 32.6 Å². The molecule has 1 rings (SSSR count). The van der Waals surface area contributed by atoms with E-state index in [1.54, 1.807) is 0 Å². The van der Waals surface area contributed by atoms with Crippen LogP contribution in [0.2, 0.25) is 0 Å². The normalized spacial score (nSPS) is 18.7. The van der Waals surface area contributed by atoms with E-state index in [1.165, 1.54) is 135 Å². The summed E-state index contributed by atoms with van der Waals surface area (Å²) in [7, 11) is 0. The van der Waals surface area contributed by atoms with E-state index < -0.39 is 0 Å². The summed E-state index contributed by atoms with van der Waals surface area (Å²) < 4.78 is 0. The standard InChI is InChI=1S/C28H57N/c1-5-8-11-14-17-21-26(4)28-24-20-25-29(28)27(22-18-15-12-9-6-2)23-19-16-13-10-7-3/h26-28H,5-25H2,1-4H3. The molecular formula is C28H57N. The van der Waals surface area contributed by atoms with Crippen LogP contribution in [0.15, 0.2) is 0 Å². The van der Waals surface area contributed by atoms with Crippen molar-refractivity contribution in [3.8, 4) is 0 Å². The molecule has 0 aromatic heterocycles. The first kappa shape index (κ1) is 27.0. The van der Waals surface area contributed by atoms with Gasteiger partial charge in [-0.1, -0.05) is 124 Å². The largest absolute Gasteiger partial charge is 0.297 e. The number of hydrogen-bond donors (Lipinski definition) is 0. The van der Waals surface area contributed by atoms with Gasteiger partial charge in [0.15, 0.2) is 0 Å². The Morgan fingerprint density at radius 1 is 0.621 bits per heavy atom. The molecule has 0 aliphatic carbocycles. The van der Waals surface area contributed by atoms with Crippen LogP contribution >= 0.6 is 0 Å². The van der Waals surface area contributed by atoms with Crippen LogP contribution in [0, 0.1) is 5.92 Å². The zero-order chi connectivity index (χ0) is 21.2. The van der Waals surface area contributed by atoms with Gasteiger partial charge in [0.1, 0.15) is 0 Å². The summed E-state index contributed by atoms with van der Waals surface area (Å²) in [5, 5.41) is 0. The highest BCUT2D eigenvalue weighted by atomic mass is 15.2. The van der Waals surface area contributed by atoms with Crippen LogP contribution < -0.4 is 0 Å². The van der Waals surface area contributed by atoms with Crippen molar-refractivity contribution in [3.63, 3.8) is 0 Å². The molecule has 1 heterocycles. The van der Waals surface area contributed by atoms with Crippen LogP contribution in [0.3, 0.4) is 0 Å². The van der Waals surface area contributed by atoms with Gasteiger partial charge in [-0.25, -0.2) is 0 Å². The summed E-state index contributed by atoms with van der Waals surface area (Å²) in [6, 6.07) is 1.77. The fourth-order valence-electron chi connectivity index (χ4n) is 5.58. The summed E-state index contributed by atoms with van der Waals surface area (Å²) in [6.45, 7) is 10.9. The average molecular weight is 408 g/mol. The van der Waals surface area contributed by atoms with E-state index in [1.807, 2.05) is 0 Å². The van der Waals surface area contributed by atoms with Gasteiger partial charge in [-0.05, 0) is 44.6 Å². The molecule has 174 valence electrons. The molecule has 1 heteroatoms. The van der Waals surface area contributed by atoms with E-state index in [4.69, 9.17) is 0 Å². The molecule has 0 saturated carbocycles. The minimum absolute atomic E-state index is 0.883. The highest BCUT2D eigenvalue weighted by Crippen LogP contribution is 2.32. The van der Waals surface area contributed by atoms with Crippen molar-refractivity contribution < 1.29 is 0 Å². The molecule has 0 spiro atoms. The Hall–Kier alpha value is -0.0400. The van der Waals surface area contributed by atoms with Crippen molar-refractivity contribution in [2.45, 2.75) is 168 Å². The minimum Gasteiger partial charge on any atom is -0.297 e. The second kappa shape index (κ2) is 18.7. The Labute approximate surface area is 185 Å². The highest BCUT2D eigenvalue weighted by Gasteiger charge is 2.33. The average Bonchev–Trinajstić information content (AvgIpc) is 3.21. The lowest BCUT2D eigenvalue weighted by Crippen LogP contribution is -2.42. The zero-order valence-electron chi connectivity index (χ0n) is 21.0. The van der Waals surface area contributed by atoms with Crippen LogP contribution in [0.4, 0.5) is 0 Å². The number of likely N-dealkylation sites (tertiary alicyclic amines) is 1. The van der Waals surface area contributed by atoms with Gasteiger partial charge in [0.05, 0.1) is 0 Å². The predicted octanol–water partition coefficient (Wildman–Crippen LogP) is 9.54. The molecule has 2 unspecified atom stereocenters. The molecule has 0 amide bonds. The van der Waals surface area contributed by atoms with E-state index in [0.29, 0.717) is 0 Å². The molecule has 0 aromatic rings. The second-order valence-electron chi connectivity index (χ2n) is 10.2. The molecule has 1 saturated heterocycles. The molecule has 1 fully saturated rings. The van der Waals surface area contributed by atoms with Gasteiger partial charge in [-0.2, -0.15) is 0 Å². The van der Waals surface area contributed by atoms with Crippen LogP contribution in [-0.4, -0.2) is 23.5 Å². The third-order valence-electron chi connectivity index (χ3n) is 7.51. The van der Waals surface area contributed by atoms with Gasteiger partial charge >= 0.3 is 0 Å². The van der Waals surface area contributed by atoms with Crippen molar-refractivity contribution in [1.82, 2.24) is 4.90 Å². The number of rotatable bonds is 20. The van der Waals surface area contributed by atoms with Crippen LogP contribution in [0.25, 0.3) is 0 Å². The topological polar surface area (TPSA) is 3.24 Å². The lowest BCUT2D eigenvalue weighted by atomic mass is 9.91.